The lowest BCUT2D eigenvalue weighted by atomic mass is 10.1. The Hall–Kier alpha value is -2.73. The summed E-state index contributed by atoms with van der Waals surface area (Å²) < 4.78 is 18.7. The molecule has 2 N–H and O–H groups in total. The van der Waals surface area contributed by atoms with Gasteiger partial charge in [-0.3, -0.25) is 5.41 Å². The van der Waals surface area contributed by atoms with Gasteiger partial charge in [0.15, 0.2) is 12.4 Å². The van der Waals surface area contributed by atoms with E-state index in [0.717, 1.165) is 37.1 Å². The van der Waals surface area contributed by atoms with E-state index in [4.69, 9.17) is 5.41 Å². The largest absolute Gasteiger partial charge is 0.354 e. The molecule has 26 heavy (non-hydrogen) atoms. The number of aryl methyl sites for hydroxylation is 1. The van der Waals surface area contributed by atoms with Gasteiger partial charge in [-0.15, -0.1) is 0 Å². The number of fused-ring (bicyclic) bond motifs is 1. The molecule has 2 aromatic heterocycles. The van der Waals surface area contributed by atoms with Gasteiger partial charge in [0, 0.05) is 49.6 Å². The number of nitrogens with zero attached hydrogens (tertiary/aromatic N) is 3. The first-order valence-electron chi connectivity index (χ1n) is 8.89. The van der Waals surface area contributed by atoms with Gasteiger partial charge in [-0.05, 0) is 12.1 Å². The van der Waals surface area contributed by atoms with Crippen molar-refractivity contribution in [1.82, 2.24) is 14.8 Å². The number of amidine groups is 1. The third-order valence-corrected chi connectivity index (χ3v) is 4.95. The molecule has 0 atom stereocenters. The van der Waals surface area contributed by atoms with Crippen molar-refractivity contribution in [3.8, 4) is 0 Å². The van der Waals surface area contributed by atoms with E-state index >= 15 is 0 Å². The smallest absolute Gasteiger partial charge is 0.177 e. The Morgan fingerprint density at radius 3 is 2.81 bits per heavy atom. The van der Waals surface area contributed by atoms with E-state index in [1.807, 2.05) is 47.1 Å². The Morgan fingerprint density at radius 1 is 1.23 bits per heavy atom. The highest BCUT2D eigenvalue weighted by atomic mass is 19.1. The van der Waals surface area contributed by atoms with E-state index in [1.54, 1.807) is 6.07 Å². The molecule has 0 saturated carbocycles. The van der Waals surface area contributed by atoms with Crippen LogP contribution in [0.3, 0.4) is 0 Å². The molecular weight excluding hydrogens is 329 g/mol. The van der Waals surface area contributed by atoms with E-state index in [1.165, 1.54) is 6.07 Å². The van der Waals surface area contributed by atoms with Crippen molar-refractivity contribution in [1.29, 1.82) is 5.41 Å². The summed E-state index contributed by atoms with van der Waals surface area (Å²) >= 11 is 0. The van der Waals surface area contributed by atoms with Crippen molar-refractivity contribution < 1.29 is 8.96 Å². The number of pyridine rings is 1. The van der Waals surface area contributed by atoms with Crippen LogP contribution in [0.5, 0.6) is 0 Å². The van der Waals surface area contributed by atoms with Crippen LogP contribution in [0.4, 0.5) is 4.39 Å². The molecule has 0 bridgehead atoms. The van der Waals surface area contributed by atoms with Gasteiger partial charge in [0.1, 0.15) is 18.7 Å². The number of piperazine rings is 1. The molecule has 1 aromatic carbocycles. The molecule has 5 nitrogen and oxygen atoms in total. The SMILES string of the molecule is C[n+]1ccc2c(ccn2Cc2ccc(C(=N)N3CCNCC3)cc2F)c1. The number of aromatic nitrogens is 2. The fraction of sp³-hybridized carbons (Fsp3) is 0.300. The second-order valence-electron chi connectivity index (χ2n) is 6.79. The summed E-state index contributed by atoms with van der Waals surface area (Å²) in [5, 5.41) is 12.7. The summed E-state index contributed by atoms with van der Waals surface area (Å²) in [5.74, 6) is 0.140. The minimum absolute atomic E-state index is 0.259. The highest BCUT2D eigenvalue weighted by Gasteiger charge is 2.16. The summed E-state index contributed by atoms with van der Waals surface area (Å²) in [5.41, 5.74) is 2.35. The Morgan fingerprint density at radius 2 is 2.04 bits per heavy atom. The standard InChI is InChI=1S/C20H23FN5/c1-24-8-5-19-17(13-24)4-9-26(19)14-16-3-2-15(12-18(16)21)20(22)25-10-6-23-7-11-25/h2-5,8-9,12-13,22-23H,6-7,10-11,14H2,1H3/q+1. The van der Waals surface area contributed by atoms with Gasteiger partial charge in [-0.2, -0.15) is 0 Å². The molecule has 3 aromatic rings. The molecule has 1 fully saturated rings. The molecule has 6 heteroatoms. The Kier molecular flexibility index (Phi) is 4.42. The maximum atomic E-state index is 14.7. The minimum atomic E-state index is -0.259. The van der Waals surface area contributed by atoms with E-state index in [-0.39, 0.29) is 5.82 Å². The molecule has 1 aliphatic rings. The number of nitrogens with one attached hydrogen (secondary N) is 2. The maximum absolute atomic E-state index is 14.7. The van der Waals surface area contributed by atoms with Crippen molar-refractivity contribution in [3.63, 3.8) is 0 Å². The average Bonchev–Trinajstić information content (AvgIpc) is 3.05. The number of rotatable bonds is 3. The van der Waals surface area contributed by atoms with Crippen LogP contribution < -0.4 is 9.88 Å². The first kappa shape index (κ1) is 16.7. The lowest BCUT2D eigenvalue weighted by Gasteiger charge is -2.29. The van der Waals surface area contributed by atoms with Gasteiger partial charge in [-0.25, -0.2) is 8.96 Å². The van der Waals surface area contributed by atoms with E-state index in [2.05, 4.69) is 16.1 Å². The topological polar surface area (TPSA) is 47.9 Å². The number of benzene rings is 1. The van der Waals surface area contributed by atoms with Gasteiger partial charge in [-0.1, -0.05) is 12.1 Å². The zero-order chi connectivity index (χ0) is 18.1. The van der Waals surface area contributed by atoms with Gasteiger partial charge in [0.05, 0.1) is 17.4 Å². The fourth-order valence-corrected chi connectivity index (χ4v) is 3.47. The van der Waals surface area contributed by atoms with Gasteiger partial charge >= 0.3 is 0 Å². The van der Waals surface area contributed by atoms with Crippen molar-refractivity contribution in [2.75, 3.05) is 26.2 Å². The summed E-state index contributed by atoms with van der Waals surface area (Å²) in [7, 11) is 1.99. The van der Waals surface area contributed by atoms with Gasteiger partial charge < -0.3 is 14.8 Å². The number of halogens is 1. The first-order valence-corrected chi connectivity index (χ1v) is 8.89. The number of hydrogen-bond donors (Lipinski definition) is 2. The van der Waals surface area contributed by atoms with Gasteiger partial charge in [0.2, 0.25) is 0 Å². The Bertz CT molecular complexity index is 956. The quantitative estimate of drug-likeness (QED) is 0.430. The van der Waals surface area contributed by atoms with Crippen LogP contribution in [0.1, 0.15) is 11.1 Å². The number of hydrogen-bond acceptors (Lipinski definition) is 2. The molecular formula is C20H23FN5+. The van der Waals surface area contributed by atoms with Crippen LogP contribution >= 0.6 is 0 Å². The molecule has 1 saturated heterocycles. The normalized spacial score (nSPS) is 14.8. The molecule has 3 heterocycles. The Labute approximate surface area is 152 Å². The fourth-order valence-electron chi connectivity index (χ4n) is 3.47. The molecule has 0 aliphatic carbocycles. The third kappa shape index (κ3) is 3.20. The zero-order valence-electron chi connectivity index (χ0n) is 14.9. The van der Waals surface area contributed by atoms with E-state index in [9.17, 15) is 4.39 Å². The summed E-state index contributed by atoms with van der Waals surface area (Å²) in [6.45, 7) is 3.77. The van der Waals surface area contributed by atoms with Crippen LogP contribution in [-0.4, -0.2) is 41.5 Å². The second kappa shape index (κ2) is 6.88. The van der Waals surface area contributed by atoms with E-state index < -0.39 is 0 Å². The zero-order valence-corrected chi connectivity index (χ0v) is 14.9. The van der Waals surface area contributed by atoms with Crippen LogP contribution in [0, 0.1) is 11.2 Å². The molecule has 0 radical (unpaired) electrons. The predicted octanol–water partition coefficient (Wildman–Crippen LogP) is 1.88. The van der Waals surface area contributed by atoms with Crippen LogP contribution in [0.2, 0.25) is 0 Å². The van der Waals surface area contributed by atoms with Crippen molar-refractivity contribution >= 4 is 16.7 Å². The first-order chi connectivity index (χ1) is 12.6. The lowest BCUT2D eigenvalue weighted by molar-refractivity contribution is -0.670. The summed E-state index contributed by atoms with van der Waals surface area (Å²) in [6, 6.07) is 9.24. The summed E-state index contributed by atoms with van der Waals surface area (Å²) in [6.07, 6.45) is 6.04. The van der Waals surface area contributed by atoms with Crippen LogP contribution in [0.15, 0.2) is 48.9 Å². The highest BCUT2D eigenvalue weighted by molar-refractivity contribution is 5.96. The van der Waals surface area contributed by atoms with Crippen molar-refractivity contribution in [2.45, 2.75) is 6.54 Å². The Balaban J connectivity index is 1.56. The monoisotopic (exact) mass is 352 g/mol. The van der Waals surface area contributed by atoms with E-state index in [0.29, 0.717) is 23.5 Å². The average molecular weight is 352 g/mol. The minimum Gasteiger partial charge on any atom is -0.354 e. The highest BCUT2D eigenvalue weighted by Crippen LogP contribution is 2.18. The molecule has 0 unspecified atom stereocenters. The van der Waals surface area contributed by atoms with Gasteiger partial charge in [0.25, 0.3) is 0 Å². The maximum Gasteiger partial charge on any atom is 0.177 e. The predicted molar refractivity (Wildman–Crippen MR) is 99.9 cm³/mol. The third-order valence-electron chi connectivity index (χ3n) is 4.95. The molecule has 1 aliphatic heterocycles. The molecule has 0 spiro atoms. The van der Waals surface area contributed by atoms with Crippen LogP contribution in [-0.2, 0) is 13.6 Å². The molecule has 0 amide bonds. The lowest BCUT2D eigenvalue weighted by Crippen LogP contribution is -2.46. The van der Waals surface area contributed by atoms with Crippen LogP contribution in [0.25, 0.3) is 10.9 Å². The molecule has 4 rings (SSSR count). The van der Waals surface area contributed by atoms with Crippen molar-refractivity contribution in [3.05, 3.63) is 65.9 Å². The van der Waals surface area contributed by atoms with Crippen molar-refractivity contribution in [2.24, 2.45) is 7.05 Å². The summed E-state index contributed by atoms with van der Waals surface area (Å²) in [4.78, 5) is 1.99. The second-order valence-corrected chi connectivity index (χ2v) is 6.79. The molecule has 134 valence electrons.